The topological polar surface area (TPSA) is 101 Å². The minimum absolute atomic E-state index is 0.0695. The van der Waals surface area contributed by atoms with Crippen molar-refractivity contribution in [2.45, 2.75) is 16.5 Å². The molecule has 0 radical (unpaired) electrons. The number of benzene rings is 2. The minimum atomic E-state index is -0.227. The molecular formula is C24H23N3O6S2. The van der Waals surface area contributed by atoms with Crippen molar-refractivity contribution in [3.8, 4) is 28.7 Å². The number of carbonyl (C=O) groups is 1. The van der Waals surface area contributed by atoms with Crippen LogP contribution in [0.1, 0.15) is 5.69 Å². The van der Waals surface area contributed by atoms with Crippen molar-refractivity contribution in [3.63, 3.8) is 0 Å². The summed E-state index contributed by atoms with van der Waals surface area (Å²) in [5.41, 5.74) is 1.81. The molecular weight excluding hydrogens is 490 g/mol. The van der Waals surface area contributed by atoms with E-state index in [-0.39, 0.29) is 17.2 Å². The van der Waals surface area contributed by atoms with Gasteiger partial charge >= 0.3 is 0 Å². The average molecular weight is 514 g/mol. The predicted octanol–water partition coefficient (Wildman–Crippen LogP) is 3.40. The van der Waals surface area contributed by atoms with E-state index in [2.05, 4.69) is 5.32 Å². The molecule has 35 heavy (non-hydrogen) atoms. The van der Waals surface area contributed by atoms with Crippen molar-refractivity contribution in [1.82, 2.24) is 9.55 Å². The van der Waals surface area contributed by atoms with Gasteiger partial charge in [-0.1, -0.05) is 11.8 Å². The molecule has 2 aromatic carbocycles. The number of aromatic nitrogens is 2. The van der Waals surface area contributed by atoms with E-state index in [4.69, 9.17) is 23.9 Å². The third-order valence-corrected chi connectivity index (χ3v) is 7.50. The van der Waals surface area contributed by atoms with Gasteiger partial charge in [0, 0.05) is 30.0 Å². The number of anilines is 1. The van der Waals surface area contributed by atoms with Crippen LogP contribution in [0.3, 0.4) is 0 Å². The molecule has 9 nitrogen and oxygen atoms in total. The second-order valence-corrected chi connectivity index (χ2v) is 9.69. The van der Waals surface area contributed by atoms with Gasteiger partial charge in [-0.25, -0.2) is 4.98 Å². The third kappa shape index (κ3) is 4.78. The molecule has 1 amide bonds. The zero-order valence-electron chi connectivity index (χ0n) is 19.2. The van der Waals surface area contributed by atoms with Crippen LogP contribution in [-0.2, 0) is 11.2 Å². The van der Waals surface area contributed by atoms with Gasteiger partial charge in [-0.3, -0.25) is 14.2 Å². The molecule has 1 N–H and O–H groups in total. The SMILES string of the molecule is COc1ccc(-n2c(SCC(=O)Nc3ccc4c(c3)OCCO4)nc3c(c2=O)SCC3)cc1OC. The summed E-state index contributed by atoms with van der Waals surface area (Å²) in [6.07, 6.45) is 0.721. The first-order chi connectivity index (χ1) is 17.1. The molecule has 5 rings (SSSR count). The molecule has 0 fully saturated rings. The fraction of sp³-hybridized carbons (Fsp3) is 0.292. The number of nitrogens with zero attached hydrogens (tertiary/aromatic N) is 2. The molecule has 182 valence electrons. The molecule has 3 heterocycles. The lowest BCUT2D eigenvalue weighted by Crippen LogP contribution is -2.24. The maximum Gasteiger partial charge on any atom is 0.272 e. The molecule has 2 aliphatic heterocycles. The lowest BCUT2D eigenvalue weighted by Gasteiger charge is -2.19. The number of nitrogens with one attached hydrogen (secondary N) is 1. The number of amides is 1. The highest BCUT2D eigenvalue weighted by Gasteiger charge is 2.24. The molecule has 0 aliphatic carbocycles. The molecule has 0 saturated heterocycles. The molecule has 0 saturated carbocycles. The summed E-state index contributed by atoms with van der Waals surface area (Å²) in [6.45, 7) is 0.972. The second kappa shape index (κ2) is 10.1. The first kappa shape index (κ1) is 23.4. The van der Waals surface area contributed by atoms with Crippen LogP contribution in [0.25, 0.3) is 5.69 Å². The molecule has 3 aromatic rings. The van der Waals surface area contributed by atoms with Crippen molar-refractivity contribution >= 4 is 35.1 Å². The zero-order valence-corrected chi connectivity index (χ0v) is 20.8. The minimum Gasteiger partial charge on any atom is -0.493 e. The number of ether oxygens (including phenoxy) is 4. The van der Waals surface area contributed by atoms with E-state index in [1.807, 2.05) is 0 Å². The van der Waals surface area contributed by atoms with Gasteiger partial charge in [0.05, 0.1) is 36.2 Å². The predicted molar refractivity (Wildman–Crippen MR) is 134 cm³/mol. The standard InChI is InChI=1S/C24H23N3O6S2/c1-30-17-6-4-15(12-19(17)31-2)27-23(29)22-16(7-10-34-22)26-24(27)35-13-21(28)25-14-3-5-18-20(11-14)33-9-8-32-18/h3-6,11-12H,7-10,13H2,1-2H3,(H,25,28). The largest absolute Gasteiger partial charge is 0.493 e. The Morgan fingerprint density at radius 3 is 2.71 bits per heavy atom. The molecule has 1 aromatic heterocycles. The first-order valence-corrected chi connectivity index (χ1v) is 12.9. The van der Waals surface area contributed by atoms with Crippen LogP contribution in [-0.4, -0.2) is 54.4 Å². The summed E-state index contributed by atoms with van der Waals surface area (Å²) in [6, 6.07) is 10.5. The number of thioether (sulfide) groups is 2. The van der Waals surface area contributed by atoms with E-state index >= 15 is 0 Å². The van der Waals surface area contributed by atoms with Crippen LogP contribution in [0.4, 0.5) is 5.69 Å². The summed E-state index contributed by atoms with van der Waals surface area (Å²) >= 11 is 2.71. The second-order valence-electron chi connectivity index (χ2n) is 7.64. The van der Waals surface area contributed by atoms with Crippen molar-refractivity contribution in [2.75, 3.05) is 44.3 Å². The smallest absolute Gasteiger partial charge is 0.272 e. The van der Waals surface area contributed by atoms with Crippen LogP contribution >= 0.6 is 23.5 Å². The normalized spacial score (nSPS) is 13.8. The molecule has 0 spiro atoms. The van der Waals surface area contributed by atoms with Crippen molar-refractivity contribution in [3.05, 3.63) is 52.4 Å². The van der Waals surface area contributed by atoms with Crippen molar-refractivity contribution < 1.29 is 23.7 Å². The number of fused-ring (bicyclic) bond motifs is 2. The Morgan fingerprint density at radius 1 is 1.11 bits per heavy atom. The Kier molecular flexibility index (Phi) is 6.78. The van der Waals surface area contributed by atoms with Crippen molar-refractivity contribution in [2.24, 2.45) is 0 Å². The van der Waals surface area contributed by atoms with Gasteiger partial charge in [-0.2, -0.15) is 0 Å². The number of hydrogen-bond donors (Lipinski definition) is 1. The fourth-order valence-electron chi connectivity index (χ4n) is 3.83. The molecule has 0 bridgehead atoms. The first-order valence-electron chi connectivity index (χ1n) is 10.9. The number of aryl methyl sites for hydroxylation is 1. The highest BCUT2D eigenvalue weighted by molar-refractivity contribution is 8.00. The quantitative estimate of drug-likeness (QED) is 0.376. The van der Waals surface area contributed by atoms with Crippen LogP contribution in [0.5, 0.6) is 23.0 Å². The molecule has 2 aliphatic rings. The molecule has 11 heteroatoms. The van der Waals surface area contributed by atoms with Crippen molar-refractivity contribution in [1.29, 1.82) is 0 Å². The Balaban J connectivity index is 1.40. The van der Waals surface area contributed by atoms with E-state index < -0.39 is 0 Å². The fourth-order valence-corrected chi connectivity index (χ4v) is 5.68. The third-order valence-electron chi connectivity index (χ3n) is 5.45. The Labute approximate surface area is 210 Å². The highest BCUT2D eigenvalue weighted by atomic mass is 32.2. The lowest BCUT2D eigenvalue weighted by atomic mass is 10.2. The monoisotopic (exact) mass is 513 g/mol. The van der Waals surface area contributed by atoms with E-state index in [9.17, 15) is 9.59 Å². The van der Waals surface area contributed by atoms with Crippen LogP contribution in [0.2, 0.25) is 0 Å². The highest BCUT2D eigenvalue weighted by Crippen LogP contribution is 2.34. The molecule has 0 atom stereocenters. The van der Waals surface area contributed by atoms with E-state index in [0.29, 0.717) is 57.6 Å². The number of rotatable bonds is 7. The zero-order chi connectivity index (χ0) is 24.4. The number of carbonyl (C=O) groups excluding carboxylic acids is 1. The molecule has 0 unspecified atom stereocenters. The van der Waals surface area contributed by atoms with Gasteiger partial charge in [0.2, 0.25) is 5.91 Å². The maximum absolute atomic E-state index is 13.4. The van der Waals surface area contributed by atoms with Crippen LogP contribution in [0, 0.1) is 0 Å². The van der Waals surface area contributed by atoms with E-state index in [1.54, 1.807) is 50.6 Å². The summed E-state index contributed by atoms with van der Waals surface area (Å²) in [7, 11) is 3.10. The van der Waals surface area contributed by atoms with Crippen LogP contribution < -0.4 is 29.8 Å². The van der Waals surface area contributed by atoms with Crippen LogP contribution in [0.15, 0.2) is 51.2 Å². The Bertz CT molecular complexity index is 1340. The lowest BCUT2D eigenvalue weighted by molar-refractivity contribution is -0.113. The van der Waals surface area contributed by atoms with Gasteiger partial charge < -0.3 is 24.3 Å². The summed E-state index contributed by atoms with van der Waals surface area (Å²) in [5.74, 6) is 2.96. The Morgan fingerprint density at radius 2 is 1.91 bits per heavy atom. The summed E-state index contributed by atoms with van der Waals surface area (Å²) < 4.78 is 23.4. The van der Waals surface area contributed by atoms with Gasteiger partial charge in [-0.05, 0) is 24.3 Å². The van der Waals surface area contributed by atoms with Gasteiger partial charge in [-0.15, -0.1) is 11.8 Å². The maximum atomic E-state index is 13.4. The summed E-state index contributed by atoms with van der Waals surface area (Å²) in [4.78, 5) is 31.5. The van der Waals surface area contributed by atoms with E-state index in [1.165, 1.54) is 28.1 Å². The summed E-state index contributed by atoms with van der Waals surface area (Å²) in [5, 5.41) is 3.32. The number of hydrogen-bond acceptors (Lipinski definition) is 9. The van der Waals surface area contributed by atoms with Gasteiger partial charge in [0.15, 0.2) is 28.2 Å². The average Bonchev–Trinajstić information content (AvgIpc) is 3.36. The van der Waals surface area contributed by atoms with Gasteiger partial charge in [0.25, 0.3) is 5.56 Å². The number of methoxy groups -OCH3 is 2. The van der Waals surface area contributed by atoms with Gasteiger partial charge in [0.1, 0.15) is 13.2 Å². The van der Waals surface area contributed by atoms with E-state index in [0.717, 1.165) is 17.9 Å². The Hall–Kier alpha value is -3.31.